The van der Waals surface area contributed by atoms with E-state index in [2.05, 4.69) is 15.0 Å². The van der Waals surface area contributed by atoms with Crippen LogP contribution in [-0.4, -0.2) is 51.4 Å². The van der Waals surface area contributed by atoms with Gasteiger partial charge >= 0.3 is 0 Å². The molecule has 1 amide bonds. The van der Waals surface area contributed by atoms with Gasteiger partial charge < -0.3 is 15.2 Å². The molecular formula is C28H28N4O3S. The van der Waals surface area contributed by atoms with Gasteiger partial charge in [0, 0.05) is 35.1 Å². The van der Waals surface area contributed by atoms with Gasteiger partial charge in [-0.25, -0.2) is 8.42 Å². The number of sulfonamides is 1. The minimum Gasteiger partial charge on any atom is -0.354 e. The molecule has 3 N–H and O–H groups in total. The Balaban J connectivity index is 1.52. The summed E-state index contributed by atoms with van der Waals surface area (Å²) in [6.45, 7) is 3.24. The first kappa shape index (κ1) is 23.8. The van der Waals surface area contributed by atoms with Crippen molar-refractivity contribution in [2.45, 2.75) is 11.8 Å². The van der Waals surface area contributed by atoms with E-state index in [0.717, 1.165) is 44.7 Å². The van der Waals surface area contributed by atoms with Crippen molar-refractivity contribution >= 4 is 54.2 Å². The van der Waals surface area contributed by atoms with Crippen LogP contribution in [-0.2, 0) is 10.0 Å². The molecule has 0 aliphatic rings. The highest BCUT2D eigenvalue weighted by Gasteiger charge is 2.17. The number of carbonyl (C=O) groups is 1. The number of amides is 1. The van der Waals surface area contributed by atoms with E-state index >= 15 is 0 Å². The fourth-order valence-corrected chi connectivity index (χ4v) is 5.48. The third kappa shape index (κ3) is 4.53. The van der Waals surface area contributed by atoms with Crippen LogP contribution in [0.15, 0.2) is 77.7 Å². The summed E-state index contributed by atoms with van der Waals surface area (Å²) in [6.07, 6.45) is 0. The minimum absolute atomic E-state index is 0.119. The fourth-order valence-electron chi connectivity index (χ4n) is 4.43. The lowest BCUT2D eigenvalue weighted by Crippen LogP contribution is -2.31. The first-order valence-electron chi connectivity index (χ1n) is 11.7. The van der Waals surface area contributed by atoms with E-state index in [1.807, 2.05) is 68.4 Å². The Morgan fingerprint density at radius 3 is 2.47 bits per heavy atom. The van der Waals surface area contributed by atoms with Crippen molar-refractivity contribution in [1.29, 1.82) is 0 Å². The molecule has 1 heterocycles. The van der Waals surface area contributed by atoms with Gasteiger partial charge in [-0.05, 0) is 68.2 Å². The van der Waals surface area contributed by atoms with Gasteiger partial charge in [0.1, 0.15) is 0 Å². The maximum absolute atomic E-state index is 12.9. The van der Waals surface area contributed by atoms with Crippen LogP contribution in [0.5, 0.6) is 0 Å². The number of anilines is 1. The topological polar surface area (TPSA) is 94.3 Å². The molecule has 0 fully saturated rings. The number of likely N-dealkylation sites (N-methyl/N-ethyl adjacent to an activating group) is 1. The summed E-state index contributed by atoms with van der Waals surface area (Å²) >= 11 is 0. The van der Waals surface area contributed by atoms with Crippen molar-refractivity contribution in [3.05, 3.63) is 83.9 Å². The number of nitrogens with zero attached hydrogens (tertiary/aromatic N) is 1. The molecule has 0 saturated carbocycles. The summed E-state index contributed by atoms with van der Waals surface area (Å²) < 4.78 is 28.4. The van der Waals surface area contributed by atoms with Crippen LogP contribution in [0.3, 0.4) is 0 Å². The van der Waals surface area contributed by atoms with Crippen LogP contribution < -0.4 is 10.0 Å². The Hall–Kier alpha value is -3.88. The molecule has 7 nitrogen and oxygen atoms in total. The van der Waals surface area contributed by atoms with Gasteiger partial charge in [-0.1, -0.05) is 42.0 Å². The molecule has 4 aromatic carbocycles. The van der Waals surface area contributed by atoms with Crippen LogP contribution in [0.2, 0.25) is 0 Å². The number of aromatic amines is 1. The van der Waals surface area contributed by atoms with E-state index in [-0.39, 0.29) is 10.8 Å². The van der Waals surface area contributed by atoms with E-state index in [1.165, 1.54) is 0 Å². The molecule has 36 heavy (non-hydrogen) atoms. The Labute approximate surface area is 210 Å². The summed E-state index contributed by atoms with van der Waals surface area (Å²) in [5.74, 6) is -0.119. The van der Waals surface area contributed by atoms with Crippen molar-refractivity contribution in [2.75, 3.05) is 31.9 Å². The van der Waals surface area contributed by atoms with E-state index in [9.17, 15) is 13.2 Å². The summed E-state index contributed by atoms with van der Waals surface area (Å²) in [4.78, 5) is 18.5. The molecule has 8 heteroatoms. The SMILES string of the molecule is Cc1ccc(S(=O)(=O)Nc2ccc3c(ccc4[nH]c5c(C(=O)NCCN(C)C)cccc5c43)c2)cc1. The van der Waals surface area contributed by atoms with Crippen molar-refractivity contribution in [1.82, 2.24) is 15.2 Å². The molecule has 0 aliphatic heterocycles. The zero-order valence-corrected chi connectivity index (χ0v) is 21.2. The summed E-state index contributed by atoms with van der Waals surface area (Å²) in [5, 5.41) is 6.80. The molecule has 0 saturated heterocycles. The first-order chi connectivity index (χ1) is 17.2. The van der Waals surface area contributed by atoms with E-state index in [4.69, 9.17) is 0 Å². The number of H-pyrrole nitrogens is 1. The number of aryl methyl sites for hydroxylation is 1. The summed E-state index contributed by atoms with van der Waals surface area (Å²) in [5.41, 5.74) is 3.78. The van der Waals surface area contributed by atoms with E-state index in [1.54, 1.807) is 30.3 Å². The molecule has 0 radical (unpaired) electrons. The van der Waals surface area contributed by atoms with Gasteiger partial charge in [0.25, 0.3) is 15.9 Å². The molecular weight excluding hydrogens is 472 g/mol. The summed E-state index contributed by atoms with van der Waals surface area (Å²) in [6, 6.07) is 21.9. The number of carbonyl (C=O) groups excluding carboxylic acids is 1. The standard InChI is InChI=1S/C28H28N4O3S/c1-18-7-11-21(12-8-18)36(34,35)31-20-10-13-22-19(17-20)9-14-25-26(22)23-5-4-6-24(27(23)30-25)28(33)29-15-16-32(2)3/h4-14,17,30-31H,15-16H2,1-3H3,(H,29,33). The smallest absolute Gasteiger partial charge is 0.261 e. The van der Waals surface area contributed by atoms with Crippen molar-refractivity contribution in [2.24, 2.45) is 0 Å². The number of hydrogen-bond acceptors (Lipinski definition) is 4. The average molecular weight is 501 g/mol. The van der Waals surface area contributed by atoms with Crippen molar-refractivity contribution < 1.29 is 13.2 Å². The molecule has 0 bridgehead atoms. The monoisotopic (exact) mass is 500 g/mol. The normalized spacial score (nSPS) is 12.0. The number of fused-ring (bicyclic) bond motifs is 5. The quantitative estimate of drug-likeness (QED) is 0.297. The molecule has 0 atom stereocenters. The van der Waals surface area contributed by atoms with Crippen LogP contribution in [0.1, 0.15) is 15.9 Å². The van der Waals surface area contributed by atoms with E-state index < -0.39 is 10.0 Å². The number of hydrogen-bond donors (Lipinski definition) is 3. The lowest BCUT2D eigenvalue weighted by molar-refractivity contribution is 0.0952. The lowest BCUT2D eigenvalue weighted by atomic mass is 10.0. The third-order valence-electron chi connectivity index (χ3n) is 6.29. The number of rotatable bonds is 7. The second kappa shape index (κ2) is 9.29. The third-order valence-corrected chi connectivity index (χ3v) is 7.68. The number of benzene rings is 4. The first-order valence-corrected chi connectivity index (χ1v) is 13.2. The highest BCUT2D eigenvalue weighted by Crippen LogP contribution is 2.35. The number of para-hydroxylation sites is 1. The highest BCUT2D eigenvalue weighted by atomic mass is 32.2. The molecule has 184 valence electrons. The molecule has 0 unspecified atom stereocenters. The molecule has 1 aromatic heterocycles. The zero-order valence-electron chi connectivity index (χ0n) is 20.4. The molecule has 0 aliphatic carbocycles. The van der Waals surface area contributed by atoms with Crippen LogP contribution in [0.25, 0.3) is 32.6 Å². The Morgan fingerprint density at radius 2 is 1.72 bits per heavy atom. The van der Waals surface area contributed by atoms with Crippen LogP contribution in [0, 0.1) is 6.92 Å². The van der Waals surface area contributed by atoms with Gasteiger partial charge in [0.15, 0.2) is 0 Å². The van der Waals surface area contributed by atoms with Crippen LogP contribution >= 0.6 is 0 Å². The predicted octanol–water partition coefficient (Wildman–Crippen LogP) is 4.87. The maximum Gasteiger partial charge on any atom is 0.261 e. The van der Waals surface area contributed by atoms with Crippen LogP contribution in [0.4, 0.5) is 5.69 Å². The second-order valence-electron chi connectivity index (χ2n) is 9.25. The van der Waals surface area contributed by atoms with Crippen molar-refractivity contribution in [3.63, 3.8) is 0 Å². The Bertz CT molecular complexity index is 1700. The molecule has 0 spiro atoms. The average Bonchev–Trinajstić information content (AvgIpc) is 3.23. The van der Waals surface area contributed by atoms with Gasteiger partial charge in [-0.3, -0.25) is 9.52 Å². The lowest BCUT2D eigenvalue weighted by Gasteiger charge is -2.11. The van der Waals surface area contributed by atoms with Crippen molar-refractivity contribution in [3.8, 4) is 0 Å². The largest absolute Gasteiger partial charge is 0.354 e. The number of nitrogens with one attached hydrogen (secondary N) is 3. The molecule has 5 aromatic rings. The minimum atomic E-state index is -3.70. The second-order valence-corrected chi connectivity index (χ2v) is 10.9. The maximum atomic E-state index is 12.9. The predicted molar refractivity (Wildman–Crippen MR) is 146 cm³/mol. The van der Waals surface area contributed by atoms with Gasteiger partial charge in [0.2, 0.25) is 0 Å². The van der Waals surface area contributed by atoms with Gasteiger partial charge in [0.05, 0.1) is 16.0 Å². The Morgan fingerprint density at radius 1 is 0.944 bits per heavy atom. The van der Waals surface area contributed by atoms with Gasteiger partial charge in [-0.15, -0.1) is 0 Å². The molecule has 5 rings (SSSR count). The highest BCUT2D eigenvalue weighted by molar-refractivity contribution is 7.92. The number of aromatic nitrogens is 1. The summed E-state index contributed by atoms with van der Waals surface area (Å²) in [7, 11) is 0.237. The fraction of sp³-hybridized carbons (Fsp3) is 0.179. The Kier molecular flexibility index (Phi) is 6.15. The van der Waals surface area contributed by atoms with Gasteiger partial charge in [-0.2, -0.15) is 0 Å². The zero-order chi connectivity index (χ0) is 25.4. The van der Waals surface area contributed by atoms with E-state index in [0.29, 0.717) is 17.8 Å².